The van der Waals surface area contributed by atoms with Gasteiger partial charge >= 0.3 is 0 Å². The largest absolute Gasteiger partial charge is 0.508 e. The molecule has 0 spiro atoms. The van der Waals surface area contributed by atoms with Gasteiger partial charge in [-0.15, -0.1) is 0 Å². The summed E-state index contributed by atoms with van der Waals surface area (Å²) in [7, 11) is 4.29. The number of quaternary nitrogens is 1. The molecule has 0 amide bonds. The van der Waals surface area contributed by atoms with E-state index in [2.05, 4.69) is 63.7 Å². The monoisotopic (exact) mass is 285 g/mol. The van der Waals surface area contributed by atoms with Crippen LogP contribution in [0.3, 0.4) is 0 Å². The second-order valence-electron chi connectivity index (χ2n) is 6.07. The first-order valence-corrected chi connectivity index (χ1v) is 7.35. The van der Waals surface area contributed by atoms with Crippen LogP contribution in [0.1, 0.15) is 37.1 Å². The highest BCUT2D eigenvalue weighted by Gasteiger charge is 2.28. The zero-order chi connectivity index (χ0) is 15.5. The summed E-state index contributed by atoms with van der Waals surface area (Å²) in [5.41, 5.74) is 6.03. The first kappa shape index (κ1) is 15.5. The lowest BCUT2D eigenvalue weighted by Crippen LogP contribution is -2.53. The van der Waals surface area contributed by atoms with Crippen LogP contribution >= 0.6 is 0 Å². The topological polar surface area (TPSA) is 32.3 Å². The van der Waals surface area contributed by atoms with E-state index in [9.17, 15) is 5.11 Å². The predicted octanol–water partition coefficient (Wildman–Crippen LogP) is 3.80. The molecule has 2 aromatic carbocycles. The molecule has 2 atom stereocenters. The van der Waals surface area contributed by atoms with Crippen LogP contribution < -0.4 is 5.43 Å². The van der Waals surface area contributed by atoms with Crippen molar-refractivity contribution in [3.8, 4) is 5.75 Å². The fourth-order valence-corrected chi connectivity index (χ4v) is 2.58. The number of phenolic OH excluding ortho intramolecular Hbond substituents is 1. The van der Waals surface area contributed by atoms with Crippen LogP contribution in [-0.2, 0) is 0 Å². The molecule has 0 saturated heterocycles. The molecule has 2 aromatic rings. The summed E-state index contributed by atoms with van der Waals surface area (Å²) in [5, 5.41) is 9.66. The summed E-state index contributed by atoms with van der Waals surface area (Å²) in [6, 6.07) is 18.4. The van der Waals surface area contributed by atoms with E-state index < -0.39 is 0 Å². The minimum atomic E-state index is 0.225. The van der Waals surface area contributed by atoms with Crippen molar-refractivity contribution < 1.29 is 9.70 Å². The van der Waals surface area contributed by atoms with Crippen LogP contribution in [0.2, 0.25) is 0 Å². The average molecular weight is 285 g/mol. The van der Waals surface area contributed by atoms with Gasteiger partial charge < -0.3 is 5.11 Å². The summed E-state index contributed by atoms with van der Waals surface area (Å²) in [6.07, 6.45) is 0. The Morgan fingerprint density at radius 3 is 2.14 bits per heavy atom. The molecule has 0 radical (unpaired) electrons. The summed E-state index contributed by atoms with van der Waals surface area (Å²) in [5.74, 6) is 0.315. The van der Waals surface area contributed by atoms with Crippen molar-refractivity contribution >= 4 is 0 Å². The lowest BCUT2D eigenvalue weighted by molar-refractivity contribution is -0.964. The summed E-state index contributed by atoms with van der Waals surface area (Å²) < 4.78 is 0.638. The number of nitrogens with zero attached hydrogens (tertiary/aromatic N) is 1. The van der Waals surface area contributed by atoms with E-state index in [1.54, 1.807) is 6.07 Å². The Kier molecular flexibility index (Phi) is 4.66. The number of hydrogen-bond acceptors (Lipinski definition) is 2. The summed E-state index contributed by atoms with van der Waals surface area (Å²) in [4.78, 5) is 0. The van der Waals surface area contributed by atoms with Crippen molar-refractivity contribution in [2.75, 3.05) is 14.1 Å². The van der Waals surface area contributed by atoms with Crippen molar-refractivity contribution in [3.63, 3.8) is 0 Å². The molecule has 0 unspecified atom stereocenters. The Morgan fingerprint density at radius 2 is 1.52 bits per heavy atom. The van der Waals surface area contributed by atoms with E-state index in [0.717, 1.165) is 5.56 Å². The minimum Gasteiger partial charge on any atom is -0.508 e. The molecule has 0 aliphatic heterocycles. The predicted molar refractivity (Wildman–Crippen MR) is 86.6 cm³/mol. The van der Waals surface area contributed by atoms with Crippen LogP contribution in [0.5, 0.6) is 5.75 Å². The highest BCUT2D eigenvalue weighted by Crippen LogP contribution is 2.27. The average Bonchev–Trinajstić information content (AvgIpc) is 2.47. The van der Waals surface area contributed by atoms with Crippen LogP contribution in [0.15, 0.2) is 54.6 Å². The highest BCUT2D eigenvalue weighted by atomic mass is 16.3. The van der Waals surface area contributed by atoms with Gasteiger partial charge in [0.25, 0.3) is 0 Å². The molecule has 0 fully saturated rings. The maximum Gasteiger partial charge on any atom is 0.129 e. The lowest BCUT2D eigenvalue weighted by Gasteiger charge is -2.38. The van der Waals surface area contributed by atoms with Gasteiger partial charge in [0.2, 0.25) is 0 Å². The molecule has 112 valence electrons. The van der Waals surface area contributed by atoms with Crippen molar-refractivity contribution in [2.45, 2.75) is 25.9 Å². The molecule has 3 heteroatoms. The molecule has 2 N–H and O–H groups in total. The van der Waals surface area contributed by atoms with Crippen LogP contribution in [0, 0.1) is 0 Å². The Labute approximate surface area is 127 Å². The molecule has 0 aromatic heterocycles. The number of benzene rings is 2. The van der Waals surface area contributed by atoms with Gasteiger partial charge in [0.1, 0.15) is 11.8 Å². The quantitative estimate of drug-likeness (QED) is 0.647. The molecule has 0 heterocycles. The van der Waals surface area contributed by atoms with Gasteiger partial charge in [-0.2, -0.15) is 5.43 Å². The lowest BCUT2D eigenvalue weighted by atomic mass is 10.1. The summed E-state index contributed by atoms with van der Waals surface area (Å²) >= 11 is 0. The molecule has 21 heavy (non-hydrogen) atoms. The van der Waals surface area contributed by atoms with Crippen LogP contribution in [-0.4, -0.2) is 23.8 Å². The van der Waals surface area contributed by atoms with Crippen molar-refractivity contribution in [3.05, 3.63) is 65.7 Å². The van der Waals surface area contributed by atoms with Crippen LogP contribution in [0.4, 0.5) is 0 Å². The first-order chi connectivity index (χ1) is 9.90. The maximum absolute atomic E-state index is 9.66. The Morgan fingerprint density at radius 1 is 0.905 bits per heavy atom. The molecular weight excluding hydrogens is 260 g/mol. The number of hydrogen-bond donors (Lipinski definition) is 2. The minimum absolute atomic E-state index is 0.225. The zero-order valence-corrected chi connectivity index (χ0v) is 13.2. The van der Waals surface area contributed by atoms with E-state index in [0.29, 0.717) is 10.3 Å². The third-order valence-corrected chi connectivity index (χ3v) is 4.15. The fourth-order valence-electron chi connectivity index (χ4n) is 2.58. The smallest absolute Gasteiger partial charge is 0.129 e. The molecule has 0 bridgehead atoms. The van der Waals surface area contributed by atoms with Crippen molar-refractivity contribution in [2.24, 2.45) is 0 Å². The first-order valence-electron chi connectivity index (χ1n) is 7.35. The van der Waals surface area contributed by atoms with E-state index >= 15 is 0 Å². The molecule has 0 aliphatic carbocycles. The summed E-state index contributed by atoms with van der Waals surface area (Å²) in [6.45, 7) is 4.34. The van der Waals surface area contributed by atoms with E-state index in [1.807, 2.05) is 18.2 Å². The van der Waals surface area contributed by atoms with Crippen molar-refractivity contribution in [1.29, 1.82) is 0 Å². The molecule has 2 rings (SSSR count). The Hall–Kier alpha value is -1.84. The van der Waals surface area contributed by atoms with E-state index in [1.165, 1.54) is 5.56 Å². The maximum atomic E-state index is 9.66. The Balaban J connectivity index is 2.14. The SMILES string of the molecule is C[C@H](N[N+](C)(C)[C@@H](C)c1cccc(O)c1)c1ccccc1. The number of phenols is 1. The van der Waals surface area contributed by atoms with Gasteiger partial charge in [0.15, 0.2) is 0 Å². The molecular formula is C18H25N2O+. The van der Waals surface area contributed by atoms with Gasteiger partial charge in [-0.1, -0.05) is 42.5 Å². The van der Waals surface area contributed by atoms with Crippen molar-refractivity contribution in [1.82, 2.24) is 5.43 Å². The second kappa shape index (κ2) is 6.29. The number of rotatable bonds is 5. The van der Waals surface area contributed by atoms with Gasteiger partial charge in [-0.05, 0) is 31.5 Å². The van der Waals surface area contributed by atoms with E-state index in [-0.39, 0.29) is 12.1 Å². The molecule has 0 aliphatic rings. The van der Waals surface area contributed by atoms with Gasteiger partial charge in [0.05, 0.1) is 20.1 Å². The normalized spacial score (nSPS) is 14.7. The standard InChI is InChI=1S/C18H24N2O/c1-14(16-9-6-5-7-10-16)19-20(3,4)15(2)17-11-8-12-18(21)13-17/h5-15,19H,1-4H3/p+1/t14-,15-/m0/s1. The van der Waals surface area contributed by atoms with E-state index in [4.69, 9.17) is 0 Å². The third kappa shape index (κ3) is 3.84. The number of nitrogens with one attached hydrogen (secondary N) is 1. The number of aromatic hydroxyl groups is 1. The third-order valence-electron chi connectivity index (χ3n) is 4.15. The highest BCUT2D eigenvalue weighted by molar-refractivity contribution is 5.28. The molecule has 0 saturated carbocycles. The zero-order valence-electron chi connectivity index (χ0n) is 13.2. The van der Waals surface area contributed by atoms with Gasteiger partial charge in [-0.3, -0.25) is 0 Å². The fraction of sp³-hybridized carbons (Fsp3) is 0.333. The van der Waals surface area contributed by atoms with Gasteiger partial charge in [-0.25, -0.2) is 4.59 Å². The van der Waals surface area contributed by atoms with Crippen LogP contribution in [0.25, 0.3) is 0 Å². The second-order valence-corrected chi connectivity index (χ2v) is 6.07. The molecule has 3 nitrogen and oxygen atoms in total. The van der Waals surface area contributed by atoms with Gasteiger partial charge in [0, 0.05) is 5.56 Å². The Bertz CT molecular complexity index is 581.